The van der Waals surface area contributed by atoms with Gasteiger partial charge < -0.3 is 14.8 Å². The highest BCUT2D eigenvalue weighted by molar-refractivity contribution is 5.96. The van der Waals surface area contributed by atoms with Gasteiger partial charge in [-0.2, -0.15) is 0 Å². The first kappa shape index (κ1) is 18.5. The van der Waals surface area contributed by atoms with Crippen LogP contribution in [0.1, 0.15) is 46.1 Å². The maximum absolute atomic E-state index is 11.5. The van der Waals surface area contributed by atoms with Crippen molar-refractivity contribution in [2.24, 2.45) is 0 Å². The molecule has 1 fully saturated rings. The molecule has 2 N–H and O–H groups in total. The number of imidazole rings is 1. The molecule has 6 nitrogen and oxygen atoms in total. The van der Waals surface area contributed by atoms with Crippen molar-refractivity contribution in [3.05, 3.63) is 83.3 Å². The maximum atomic E-state index is 11.5. The van der Waals surface area contributed by atoms with Gasteiger partial charge in [0.25, 0.3) is 0 Å². The molecule has 0 spiro atoms. The molecule has 0 unspecified atom stereocenters. The van der Waals surface area contributed by atoms with Crippen molar-refractivity contribution in [3.8, 4) is 11.1 Å². The molecular formula is C24H21N3O3. The lowest BCUT2D eigenvalue weighted by Crippen LogP contribution is -2.05. The third-order valence-corrected chi connectivity index (χ3v) is 5.62. The highest BCUT2D eigenvalue weighted by Gasteiger charge is 2.30. The second kappa shape index (κ2) is 7.39. The number of rotatable bonds is 6. The molecule has 0 bridgehead atoms. The zero-order chi connectivity index (χ0) is 20.7. The van der Waals surface area contributed by atoms with Crippen LogP contribution in [0.2, 0.25) is 0 Å². The largest absolute Gasteiger partial charge is 0.478 e. The van der Waals surface area contributed by atoms with Gasteiger partial charge in [-0.05, 0) is 41.7 Å². The molecule has 4 aromatic rings. The van der Waals surface area contributed by atoms with E-state index in [1.54, 1.807) is 18.3 Å². The predicted octanol–water partition coefficient (Wildman–Crippen LogP) is 4.21. The van der Waals surface area contributed by atoms with E-state index in [9.17, 15) is 15.0 Å². The van der Waals surface area contributed by atoms with Crippen LogP contribution in [0.4, 0.5) is 0 Å². The molecular weight excluding hydrogens is 378 g/mol. The Balaban J connectivity index is 1.51. The molecule has 30 heavy (non-hydrogen) atoms. The Morgan fingerprint density at radius 2 is 1.83 bits per heavy atom. The lowest BCUT2D eigenvalue weighted by molar-refractivity contribution is 0.0697. The molecule has 150 valence electrons. The zero-order valence-electron chi connectivity index (χ0n) is 16.3. The van der Waals surface area contributed by atoms with Crippen molar-refractivity contribution in [2.45, 2.75) is 31.9 Å². The minimum absolute atomic E-state index is 0.0577. The summed E-state index contributed by atoms with van der Waals surface area (Å²) in [5.41, 5.74) is 5.32. The lowest BCUT2D eigenvalue weighted by atomic mass is 9.99. The molecule has 1 aliphatic carbocycles. The van der Waals surface area contributed by atoms with E-state index in [1.165, 1.54) is 0 Å². The molecule has 2 heterocycles. The molecule has 0 atom stereocenters. The van der Waals surface area contributed by atoms with E-state index in [2.05, 4.69) is 9.55 Å². The first-order valence-corrected chi connectivity index (χ1v) is 10.0. The van der Waals surface area contributed by atoms with Gasteiger partial charge in [0.05, 0.1) is 18.7 Å². The van der Waals surface area contributed by atoms with Gasteiger partial charge >= 0.3 is 5.97 Å². The van der Waals surface area contributed by atoms with Crippen LogP contribution >= 0.6 is 0 Å². The monoisotopic (exact) mass is 399 g/mol. The molecule has 0 radical (unpaired) electrons. The molecule has 1 saturated carbocycles. The van der Waals surface area contributed by atoms with E-state index in [1.807, 2.05) is 42.5 Å². The van der Waals surface area contributed by atoms with Crippen molar-refractivity contribution in [3.63, 3.8) is 0 Å². The summed E-state index contributed by atoms with van der Waals surface area (Å²) in [6.45, 7) is 0.572. The van der Waals surface area contributed by atoms with Gasteiger partial charge in [-0.3, -0.25) is 0 Å². The Morgan fingerprint density at radius 3 is 2.53 bits per heavy atom. The molecule has 0 saturated heterocycles. The number of aliphatic hydroxyl groups excluding tert-OH is 1. The van der Waals surface area contributed by atoms with Crippen molar-refractivity contribution < 1.29 is 15.0 Å². The average Bonchev–Trinajstić information content (AvgIpc) is 3.56. The summed E-state index contributed by atoms with van der Waals surface area (Å²) >= 11 is 0. The Labute approximate surface area is 173 Å². The van der Waals surface area contributed by atoms with Crippen LogP contribution < -0.4 is 0 Å². The molecule has 0 aliphatic heterocycles. The van der Waals surface area contributed by atoms with Crippen molar-refractivity contribution in [2.75, 3.05) is 0 Å². The van der Waals surface area contributed by atoms with E-state index < -0.39 is 5.97 Å². The second-order valence-electron chi connectivity index (χ2n) is 7.68. The van der Waals surface area contributed by atoms with Crippen LogP contribution in [0.3, 0.4) is 0 Å². The Morgan fingerprint density at radius 1 is 1.07 bits per heavy atom. The number of carboxylic acids is 1. The topological polar surface area (TPSA) is 88.2 Å². The Kier molecular flexibility index (Phi) is 4.56. The number of carboxylic acid groups (broad SMARTS) is 1. The number of benzene rings is 2. The van der Waals surface area contributed by atoms with Crippen LogP contribution in [-0.2, 0) is 13.2 Å². The number of fused-ring (bicyclic) bond motifs is 1. The van der Waals surface area contributed by atoms with Crippen LogP contribution in [0.25, 0.3) is 22.3 Å². The summed E-state index contributed by atoms with van der Waals surface area (Å²) in [5.74, 6) is 0.547. The number of hydrogen-bond donors (Lipinski definition) is 2. The minimum atomic E-state index is -0.931. The van der Waals surface area contributed by atoms with E-state index in [4.69, 9.17) is 4.98 Å². The van der Waals surface area contributed by atoms with Gasteiger partial charge in [-0.1, -0.05) is 42.5 Å². The van der Waals surface area contributed by atoms with Crippen LogP contribution in [0, 0.1) is 0 Å². The highest BCUT2D eigenvalue weighted by Crippen LogP contribution is 2.41. The van der Waals surface area contributed by atoms with Gasteiger partial charge in [0, 0.05) is 17.7 Å². The van der Waals surface area contributed by atoms with Crippen LogP contribution in [0.15, 0.2) is 60.8 Å². The molecule has 6 heteroatoms. The number of aliphatic hydroxyl groups is 1. The van der Waals surface area contributed by atoms with Gasteiger partial charge in [-0.15, -0.1) is 0 Å². The first-order valence-electron chi connectivity index (χ1n) is 10.0. The van der Waals surface area contributed by atoms with E-state index >= 15 is 0 Å². The molecule has 1 aliphatic rings. The fourth-order valence-electron chi connectivity index (χ4n) is 3.91. The fourth-order valence-corrected chi connectivity index (χ4v) is 3.91. The van der Waals surface area contributed by atoms with E-state index in [0.29, 0.717) is 23.6 Å². The smallest absolute Gasteiger partial charge is 0.336 e. The molecule has 2 aromatic heterocycles. The number of hydrogen-bond acceptors (Lipinski definition) is 4. The average molecular weight is 399 g/mol. The number of carbonyl (C=O) groups is 1. The minimum Gasteiger partial charge on any atom is -0.478 e. The normalized spacial score (nSPS) is 13.6. The van der Waals surface area contributed by atoms with Gasteiger partial charge in [-0.25, -0.2) is 14.8 Å². The third kappa shape index (κ3) is 3.25. The lowest BCUT2D eigenvalue weighted by Gasteiger charge is -2.10. The zero-order valence-corrected chi connectivity index (χ0v) is 16.3. The summed E-state index contributed by atoms with van der Waals surface area (Å²) in [7, 11) is 0. The maximum Gasteiger partial charge on any atom is 0.336 e. The van der Waals surface area contributed by atoms with Crippen molar-refractivity contribution >= 4 is 17.1 Å². The third-order valence-electron chi connectivity index (χ3n) is 5.62. The van der Waals surface area contributed by atoms with E-state index in [-0.39, 0.29) is 6.61 Å². The number of aromatic nitrogens is 3. The van der Waals surface area contributed by atoms with E-state index in [0.717, 1.165) is 46.5 Å². The quantitative estimate of drug-likeness (QED) is 0.507. The Bertz CT molecular complexity index is 1240. The van der Waals surface area contributed by atoms with Crippen molar-refractivity contribution in [1.82, 2.24) is 14.5 Å². The van der Waals surface area contributed by atoms with Crippen molar-refractivity contribution in [1.29, 1.82) is 0 Å². The first-order chi connectivity index (χ1) is 14.7. The van der Waals surface area contributed by atoms with Gasteiger partial charge in [0.1, 0.15) is 11.3 Å². The number of nitrogens with zero attached hydrogens (tertiary/aromatic N) is 3. The summed E-state index contributed by atoms with van der Waals surface area (Å²) < 4.78 is 2.15. The van der Waals surface area contributed by atoms with Gasteiger partial charge in [0.15, 0.2) is 5.65 Å². The summed E-state index contributed by atoms with van der Waals surface area (Å²) in [6.07, 6.45) is 3.97. The van der Waals surface area contributed by atoms with Crippen LogP contribution in [-0.4, -0.2) is 30.7 Å². The van der Waals surface area contributed by atoms with Crippen LogP contribution in [0.5, 0.6) is 0 Å². The molecule has 2 aromatic carbocycles. The van der Waals surface area contributed by atoms with Gasteiger partial charge in [0.2, 0.25) is 0 Å². The highest BCUT2D eigenvalue weighted by atomic mass is 16.4. The summed E-state index contributed by atoms with van der Waals surface area (Å²) in [4.78, 5) is 20.9. The number of aromatic carboxylic acids is 1. The summed E-state index contributed by atoms with van der Waals surface area (Å²) in [6, 6.07) is 16.8. The standard InChI is InChI=1S/C24H21N3O3/c28-14-18-11-12-25-23-21(18)26-22(17-9-10-17)27(23)13-15-5-7-16(8-6-15)19-3-1-2-4-20(19)24(29)30/h1-8,11-12,17,28H,9-10,13-14H2,(H,29,30). The molecule has 5 rings (SSSR count). The Hall–Kier alpha value is -3.51. The predicted molar refractivity (Wildman–Crippen MR) is 113 cm³/mol. The summed E-state index contributed by atoms with van der Waals surface area (Å²) in [5, 5.41) is 19.1. The second-order valence-corrected chi connectivity index (χ2v) is 7.68. The SMILES string of the molecule is O=C(O)c1ccccc1-c1ccc(Cn2c(C3CC3)nc3c(CO)ccnc32)cc1. The molecule has 0 amide bonds. The number of pyridine rings is 1. The fraction of sp³-hybridized carbons (Fsp3) is 0.208.